The second-order valence-electron chi connectivity index (χ2n) is 5.65. The molecule has 2 aliphatic heterocycles. The fourth-order valence-corrected chi connectivity index (χ4v) is 3.46. The molecule has 2 saturated heterocycles. The molecule has 0 saturated carbocycles. The molecule has 1 aromatic rings. The van der Waals surface area contributed by atoms with Crippen LogP contribution < -0.4 is 4.90 Å². The molecule has 19 heavy (non-hydrogen) atoms. The monoisotopic (exact) mass is 261 g/mol. The lowest BCUT2D eigenvalue weighted by Gasteiger charge is -2.31. The van der Waals surface area contributed by atoms with Gasteiger partial charge in [0.1, 0.15) is 5.82 Å². The molecule has 1 N–H and O–H groups in total. The summed E-state index contributed by atoms with van der Waals surface area (Å²) in [5, 5.41) is 9.43. The topological polar surface area (TPSA) is 39.6 Å². The quantitative estimate of drug-likeness (QED) is 0.892. The maximum atomic E-state index is 9.43. The molecule has 4 heteroatoms. The zero-order valence-corrected chi connectivity index (χ0v) is 11.4. The predicted octanol–water partition coefficient (Wildman–Crippen LogP) is 1.51. The molecule has 0 radical (unpaired) electrons. The minimum atomic E-state index is 0.302. The fourth-order valence-electron chi connectivity index (χ4n) is 3.46. The van der Waals surface area contributed by atoms with E-state index in [0.717, 1.165) is 31.9 Å². The van der Waals surface area contributed by atoms with Crippen molar-refractivity contribution in [3.63, 3.8) is 0 Å². The van der Waals surface area contributed by atoms with Crippen molar-refractivity contribution in [1.82, 2.24) is 9.88 Å². The highest BCUT2D eigenvalue weighted by Crippen LogP contribution is 2.26. The van der Waals surface area contributed by atoms with E-state index in [4.69, 9.17) is 0 Å². The second-order valence-corrected chi connectivity index (χ2v) is 5.65. The van der Waals surface area contributed by atoms with Gasteiger partial charge in [0.2, 0.25) is 0 Å². The smallest absolute Gasteiger partial charge is 0.128 e. The van der Waals surface area contributed by atoms with Gasteiger partial charge in [0.25, 0.3) is 0 Å². The molecule has 0 aliphatic carbocycles. The number of anilines is 1. The zero-order chi connectivity index (χ0) is 13.1. The van der Waals surface area contributed by atoms with E-state index in [1.807, 2.05) is 12.3 Å². The van der Waals surface area contributed by atoms with Crippen molar-refractivity contribution < 1.29 is 5.11 Å². The first-order chi connectivity index (χ1) is 9.38. The van der Waals surface area contributed by atoms with Crippen LogP contribution >= 0.6 is 0 Å². The highest BCUT2D eigenvalue weighted by molar-refractivity contribution is 5.40. The van der Waals surface area contributed by atoms with E-state index in [-0.39, 0.29) is 0 Å². The number of rotatable bonds is 4. The van der Waals surface area contributed by atoms with Gasteiger partial charge >= 0.3 is 0 Å². The molecule has 104 valence electrons. The summed E-state index contributed by atoms with van der Waals surface area (Å²) in [4.78, 5) is 9.38. The minimum Gasteiger partial charge on any atom is -0.395 e. The van der Waals surface area contributed by atoms with E-state index >= 15 is 0 Å². The Morgan fingerprint density at radius 2 is 2.00 bits per heavy atom. The summed E-state index contributed by atoms with van der Waals surface area (Å²) in [5.41, 5.74) is 0. The molecule has 0 amide bonds. The molecule has 2 aliphatic rings. The number of hydrogen-bond donors (Lipinski definition) is 1. The first-order valence-corrected chi connectivity index (χ1v) is 7.41. The van der Waals surface area contributed by atoms with E-state index in [2.05, 4.69) is 26.9 Å². The van der Waals surface area contributed by atoms with E-state index in [1.54, 1.807) is 0 Å². The van der Waals surface area contributed by atoms with Gasteiger partial charge in [0.05, 0.1) is 6.61 Å². The molecule has 1 aromatic heterocycles. The summed E-state index contributed by atoms with van der Waals surface area (Å²) in [6.45, 7) is 3.62. The summed E-state index contributed by atoms with van der Waals surface area (Å²) in [5.74, 6) is 1.10. The third kappa shape index (κ3) is 2.74. The fraction of sp³-hybridized carbons (Fsp3) is 0.667. The predicted molar refractivity (Wildman–Crippen MR) is 76.3 cm³/mol. The lowest BCUT2D eigenvalue weighted by atomic mass is 10.2. The number of aromatic nitrogens is 1. The lowest BCUT2D eigenvalue weighted by molar-refractivity contribution is 0.153. The van der Waals surface area contributed by atoms with Gasteiger partial charge < -0.3 is 10.0 Å². The molecule has 0 bridgehead atoms. The first-order valence-electron chi connectivity index (χ1n) is 7.41. The maximum absolute atomic E-state index is 9.43. The van der Waals surface area contributed by atoms with Crippen molar-refractivity contribution >= 4 is 5.82 Å². The molecular weight excluding hydrogens is 238 g/mol. The van der Waals surface area contributed by atoms with Gasteiger partial charge in [-0.2, -0.15) is 0 Å². The third-order valence-corrected chi connectivity index (χ3v) is 4.48. The number of aliphatic hydroxyl groups is 1. The first kappa shape index (κ1) is 12.9. The largest absolute Gasteiger partial charge is 0.395 e. The van der Waals surface area contributed by atoms with Crippen molar-refractivity contribution in [2.75, 3.05) is 31.1 Å². The lowest BCUT2D eigenvalue weighted by Crippen LogP contribution is -2.43. The molecule has 0 aromatic carbocycles. The Bertz CT molecular complexity index is 398. The molecule has 3 rings (SSSR count). The number of aliphatic hydroxyl groups excluding tert-OH is 1. The van der Waals surface area contributed by atoms with Crippen LogP contribution in [-0.4, -0.2) is 53.3 Å². The molecule has 0 spiro atoms. The summed E-state index contributed by atoms with van der Waals surface area (Å²) in [6.07, 6.45) is 6.73. The Morgan fingerprint density at radius 1 is 1.16 bits per heavy atom. The van der Waals surface area contributed by atoms with Crippen LogP contribution in [0.1, 0.15) is 25.7 Å². The highest BCUT2D eigenvalue weighted by atomic mass is 16.3. The summed E-state index contributed by atoms with van der Waals surface area (Å²) in [6, 6.07) is 7.07. The minimum absolute atomic E-state index is 0.302. The van der Waals surface area contributed by atoms with Crippen molar-refractivity contribution in [1.29, 1.82) is 0 Å². The van der Waals surface area contributed by atoms with Crippen LogP contribution in [0.5, 0.6) is 0 Å². The van der Waals surface area contributed by atoms with Crippen molar-refractivity contribution in [2.45, 2.75) is 37.8 Å². The van der Waals surface area contributed by atoms with Crippen LogP contribution in [0, 0.1) is 0 Å². The standard InChI is InChI=1S/C15H23N3O/c19-12-14-6-3-9-17(14)11-13-5-4-10-18(13)15-7-1-2-8-16-15/h1-2,7-8,13-14,19H,3-6,9-12H2. The Morgan fingerprint density at radius 3 is 2.79 bits per heavy atom. The summed E-state index contributed by atoms with van der Waals surface area (Å²) < 4.78 is 0. The van der Waals surface area contributed by atoms with Crippen LogP contribution in [-0.2, 0) is 0 Å². The Hall–Kier alpha value is -1.13. The van der Waals surface area contributed by atoms with Crippen LogP contribution in [0.2, 0.25) is 0 Å². The van der Waals surface area contributed by atoms with Gasteiger partial charge in [-0.3, -0.25) is 4.90 Å². The summed E-state index contributed by atoms with van der Waals surface area (Å²) >= 11 is 0. The Labute approximate surface area is 115 Å². The van der Waals surface area contributed by atoms with Crippen LogP contribution in [0.15, 0.2) is 24.4 Å². The average molecular weight is 261 g/mol. The summed E-state index contributed by atoms with van der Waals surface area (Å²) in [7, 11) is 0. The van der Waals surface area contributed by atoms with Gasteiger partial charge in [0, 0.05) is 31.4 Å². The molecule has 2 unspecified atom stereocenters. The van der Waals surface area contributed by atoms with E-state index < -0.39 is 0 Å². The van der Waals surface area contributed by atoms with Gasteiger partial charge in [-0.05, 0) is 44.4 Å². The zero-order valence-electron chi connectivity index (χ0n) is 11.4. The van der Waals surface area contributed by atoms with Gasteiger partial charge in [-0.15, -0.1) is 0 Å². The van der Waals surface area contributed by atoms with Gasteiger partial charge in [0.15, 0.2) is 0 Å². The number of pyridine rings is 1. The molecule has 2 fully saturated rings. The maximum Gasteiger partial charge on any atom is 0.128 e. The van der Waals surface area contributed by atoms with Gasteiger partial charge in [-0.1, -0.05) is 6.07 Å². The normalized spacial score (nSPS) is 28.2. The molecule has 2 atom stereocenters. The van der Waals surface area contributed by atoms with E-state index in [9.17, 15) is 5.11 Å². The number of nitrogens with zero attached hydrogens (tertiary/aromatic N) is 3. The van der Waals surface area contributed by atoms with E-state index in [1.165, 1.54) is 19.3 Å². The van der Waals surface area contributed by atoms with Crippen LogP contribution in [0.4, 0.5) is 5.82 Å². The van der Waals surface area contributed by atoms with Crippen LogP contribution in [0.3, 0.4) is 0 Å². The van der Waals surface area contributed by atoms with Crippen molar-refractivity contribution in [3.8, 4) is 0 Å². The molecule has 3 heterocycles. The van der Waals surface area contributed by atoms with Crippen LogP contribution in [0.25, 0.3) is 0 Å². The number of hydrogen-bond acceptors (Lipinski definition) is 4. The second kappa shape index (κ2) is 5.88. The SMILES string of the molecule is OCC1CCCN1CC1CCCN1c1ccccn1. The highest BCUT2D eigenvalue weighted by Gasteiger charge is 2.31. The molecular formula is C15H23N3O. The van der Waals surface area contributed by atoms with Crippen molar-refractivity contribution in [3.05, 3.63) is 24.4 Å². The van der Waals surface area contributed by atoms with Gasteiger partial charge in [-0.25, -0.2) is 4.98 Å². The Kier molecular flexibility index (Phi) is 3.99. The third-order valence-electron chi connectivity index (χ3n) is 4.48. The Balaban J connectivity index is 1.67. The number of likely N-dealkylation sites (tertiary alicyclic amines) is 1. The molecule has 4 nitrogen and oxygen atoms in total. The van der Waals surface area contributed by atoms with Crippen molar-refractivity contribution in [2.24, 2.45) is 0 Å². The average Bonchev–Trinajstić information content (AvgIpc) is 3.09. The van der Waals surface area contributed by atoms with E-state index in [0.29, 0.717) is 18.7 Å².